The highest BCUT2D eigenvalue weighted by atomic mass is 19.4. The highest BCUT2D eigenvalue weighted by Gasteiger charge is 2.37. The number of anilines is 1. The van der Waals surface area contributed by atoms with Gasteiger partial charge in [0.25, 0.3) is 5.91 Å². The molecule has 1 N–H and O–H groups in total. The lowest BCUT2D eigenvalue weighted by atomic mass is 10.0. The van der Waals surface area contributed by atoms with Crippen LogP contribution in [0.25, 0.3) is 0 Å². The summed E-state index contributed by atoms with van der Waals surface area (Å²) in [4.78, 5) is 27.6. The Hall–Kier alpha value is -3.44. The first-order valence-electron chi connectivity index (χ1n) is 11.4. The molecule has 2 aliphatic rings. The van der Waals surface area contributed by atoms with E-state index in [4.69, 9.17) is 4.74 Å². The molecule has 1 aliphatic heterocycles. The van der Waals surface area contributed by atoms with Gasteiger partial charge in [0.05, 0.1) is 11.1 Å². The molecule has 1 saturated heterocycles. The molecule has 2 aromatic rings. The second kappa shape index (κ2) is 10.4. The van der Waals surface area contributed by atoms with Gasteiger partial charge in [-0.25, -0.2) is 9.18 Å². The molecule has 35 heavy (non-hydrogen) atoms. The molecule has 12 heteroatoms. The van der Waals surface area contributed by atoms with Crippen molar-refractivity contribution in [1.29, 1.82) is 0 Å². The van der Waals surface area contributed by atoms with Crippen LogP contribution in [-0.2, 0) is 6.18 Å². The third kappa shape index (κ3) is 6.58. The molecule has 8 nitrogen and oxygen atoms in total. The van der Waals surface area contributed by atoms with Gasteiger partial charge in [0, 0.05) is 38.8 Å². The number of hydrogen-bond donors (Lipinski definition) is 1. The smallest absolute Gasteiger partial charge is 0.390 e. The second-order valence-corrected chi connectivity index (χ2v) is 8.60. The Kier molecular flexibility index (Phi) is 7.37. The maximum absolute atomic E-state index is 13.3. The molecular weight excluding hydrogens is 470 g/mol. The van der Waals surface area contributed by atoms with E-state index in [1.807, 2.05) is 4.90 Å². The van der Waals surface area contributed by atoms with Gasteiger partial charge >= 0.3 is 12.3 Å². The minimum atomic E-state index is -4.85. The Balaban J connectivity index is 1.28. The molecule has 0 bridgehead atoms. The summed E-state index contributed by atoms with van der Waals surface area (Å²) in [7, 11) is 0. The van der Waals surface area contributed by atoms with Crippen LogP contribution in [0.3, 0.4) is 0 Å². The number of carbonyl (C=O) groups is 2. The van der Waals surface area contributed by atoms with Crippen LogP contribution >= 0.6 is 0 Å². The zero-order chi connectivity index (χ0) is 25.0. The third-order valence-corrected chi connectivity index (χ3v) is 5.99. The van der Waals surface area contributed by atoms with Crippen molar-refractivity contribution in [3.05, 3.63) is 47.3 Å². The first kappa shape index (κ1) is 24.7. The van der Waals surface area contributed by atoms with E-state index in [0.717, 1.165) is 30.9 Å². The average molecular weight is 495 g/mol. The molecule has 2 fully saturated rings. The van der Waals surface area contributed by atoms with E-state index in [9.17, 15) is 27.2 Å². The number of hydrogen-bond acceptors (Lipinski definition) is 6. The molecule has 2 heterocycles. The van der Waals surface area contributed by atoms with Crippen molar-refractivity contribution in [3.63, 3.8) is 0 Å². The van der Waals surface area contributed by atoms with Crippen LogP contribution in [0.2, 0.25) is 0 Å². The van der Waals surface area contributed by atoms with E-state index in [1.54, 1.807) is 6.07 Å². The van der Waals surface area contributed by atoms with Crippen LogP contribution in [0.15, 0.2) is 30.3 Å². The molecule has 1 aliphatic carbocycles. The highest BCUT2D eigenvalue weighted by molar-refractivity contribution is 5.96. The summed E-state index contributed by atoms with van der Waals surface area (Å²) in [5.41, 5.74) is -1.88. The summed E-state index contributed by atoms with van der Waals surface area (Å²) >= 11 is 0. The van der Waals surface area contributed by atoms with Crippen LogP contribution in [0.5, 0.6) is 5.88 Å². The Morgan fingerprint density at radius 2 is 1.80 bits per heavy atom. The van der Waals surface area contributed by atoms with Crippen molar-refractivity contribution in [2.75, 3.05) is 37.6 Å². The minimum absolute atomic E-state index is 0.0400. The number of nitrogens with one attached hydrogen (secondary N) is 1. The summed E-state index contributed by atoms with van der Waals surface area (Å²) in [5.74, 6) is -0.553. The van der Waals surface area contributed by atoms with Crippen LogP contribution in [-0.4, -0.2) is 59.8 Å². The molecule has 0 spiro atoms. The maximum Gasteiger partial charge on any atom is 0.417 e. The fourth-order valence-electron chi connectivity index (χ4n) is 3.90. The molecule has 0 unspecified atom stereocenters. The van der Waals surface area contributed by atoms with E-state index >= 15 is 0 Å². The number of carbonyl (C=O) groups excluding carboxylic acids is 2. The summed E-state index contributed by atoms with van der Waals surface area (Å²) in [6.07, 6.45) is -0.912. The normalized spacial score (nSPS) is 16.2. The fourth-order valence-corrected chi connectivity index (χ4v) is 3.90. The van der Waals surface area contributed by atoms with E-state index in [1.165, 1.54) is 23.8 Å². The SMILES string of the molecule is O=C(NCCCC1CC1)Oc1ccc(N2CCN(C(=O)c3ccc(F)cc3C(F)(F)F)CC2)nn1. The van der Waals surface area contributed by atoms with Gasteiger partial charge in [-0.3, -0.25) is 4.79 Å². The van der Waals surface area contributed by atoms with Gasteiger partial charge in [0.2, 0.25) is 5.88 Å². The quantitative estimate of drug-likeness (QED) is 0.464. The molecule has 1 saturated carbocycles. The first-order chi connectivity index (χ1) is 16.7. The summed E-state index contributed by atoms with van der Waals surface area (Å²) in [6, 6.07) is 5.14. The van der Waals surface area contributed by atoms with E-state index in [2.05, 4.69) is 15.5 Å². The third-order valence-electron chi connectivity index (χ3n) is 5.99. The molecule has 1 aromatic heterocycles. The van der Waals surface area contributed by atoms with Crippen molar-refractivity contribution in [2.45, 2.75) is 31.9 Å². The first-order valence-corrected chi connectivity index (χ1v) is 11.4. The number of alkyl halides is 3. The van der Waals surface area contributed by atoms with Crippen LogP contribution < -0.4 is 15.0 Å². The molecule has 4 rings (SSSR count). The average Bonchev–Trinajstić information content (AvgIpc) is 3.66. The number of aromatic nitrogens is 2. The highest BCUT2D eigenvalue weighted by Crippen LogP contribution is 2.34. The zero-order valence-corrected chi connectivity index (χ0v) is 18.9. The summed E-state index contributed by atoms with van der Waals surface area (Å²) < 4.78 is 58.2. The van der Waals surface area contributed by atoms with Crippen molar-refractivity contribution in [1.82, 2.24) is 20.4 Å². The Labute approximate surface area is 199 Å². The number of halogens is 4. The zero-order valence-electron chi connectivity index (χ0n) is 18.9. The number of piperazine rings is 1. The lowest BCUT2D eigenvalue weighted by Gasteiger charge is -2.35. The lowest BCUT2D eigenvalue weighted by molar-refractivity contribution is -0.138. The van der Waals surface area contributed by atoms with Gasteiger partial charge in [0.1, 0.15) is 5.82 Å². The predicted octanol–water partition coefficient (Wildman–Crippen LogP) is 3.88. The molecule has 2 amide bonds. The molecular formula is C23H25F4N5O3. The van der Waals surface area contributed by atoms with E-state index < -0.39 is 35.1 Å². The maximum atomic E-state index is 13.3. The van der Waals surface area contributed by atoms with Gasteiger partial charge in [-0.05, 0) is 43.0 Å². The van der Waals surface area contributed by atoms with Crippen LogP contribution in [0, 0.1) is 11.7 Å². The van der Waals surface area contributed by atoms with Gasteiger partial charge < -0.3 is 19.9 Å². The number of amides is 2. The van der Waals surface area contributed by atoms with Crippen molar-refractivity contribution in [3.8, 4) is 5.88 Å². The molecule has 188 valence electrons. The van der Waals surface area contributed by atoms with Gasteiger partial charge in [0.15, 0.2) is 5.82 Å². The monoisotopic (exact) mass is 495 g/mol. The van der Waals surface area contributed by atoms with Crippen LogP contribution in [0.4, 0.5) is 28.2 Å². The number of rotatable bonds is 7. The van der Waals surface area contributed by atoms with Crippen molar-refractivity contribution in [2.24, 2.45) is 5.92 Å². The van der Waals surface area contributed by atoms with Crippen molar-refractivity contribution < 1.29 is 31.9 Å². The fraction of sp³-hybridized carbons (Fsp3) is 0.478. The Morgan fingerprint density at radius 1 is 1.06 bits per heavy atom. The largest absolute Gasteiger partial charge is 0.417 e. The summed E-state index contributed by atoms with van der Waals surface area (Å²) in [5, 5.41) is 10.6. The van der Waals surface area contributed by atoms with E-state index in [-0.39, 0.29) is 19.0 Å². The van der Waals surface area contributed by atoms with Gasteiger partial charge in [-0.1, -0.05) is 12.8 Å². The summed E-state index contributed by atoms with van der Waals surface area (Å²) in [6.45, 7) is 1.45. The molecule has 0 atom stereocenters. The number of ether oxygens (including phenoxy) is 1. The number of nitrogens with zero attached hydrogens (tertiary/aromatic N) is 4. The molecule has 0 radical (unpaired) electrons. The second-order valence-electron chi connectivity index (χ2n) is 8.60. The topological polar surface area (TPSA) is 87.7 Å². The Bertz CT molecular complexity index is 1050. The van der Waals surface area contributed by atoms with E-state index in [0.29, 0.717) is 31.5 Å². The van der Waals surface area contributed by atoms with Crippen LogP contribution in [0.1, 0.15) is 41.6 Å². The van der Waals surface area contributed by atoms with Gasteiger partial charge in [-0.15, -0.1) is 10.2 Å². The number of benzene rings is 1. The lowest BCUT2D eigenvalue weighted by Crippen LogP contribution is -2.49. The predicted molar refractivity (Wildman–Crippen MR) is 118 cm³/mol. The van der Waals surface area contributed by atoms with Crippen molar-refractivity contribution >= 4 is 17.8 Å². The Morgan fingerprint density at radius 3 is 2.43 bits per heavy atom. The standard InChI is InChI=1S/C23H25F4N5O3/c24-16-5-6-17(18(14-16)23(25,26)27)21(33)32-12-10-31(11-13-32)19-7-8-20(30-29-19)35-22(34)28-9-1-2-15-3-4-15/h5-8,14-15H,1-4,9-13H2,(H,28,34). The minimum Gasteiger partial charge on any atom is -0.390 e. The molecule has 1 aromatic carbocycles. The van der Waals surface area contributed by atoms with Gasteiger partial charge in [-0.2, -0.15) is 13.2 Å².